The molecule has 2 N–H and O–H groups in total. The summed E-state index contributed by atoms with van der Waals surface area (Å²) >= 11 is 0. The van der Waals surface area contributed by atoms with Crippen molar-refractivity contribution >= 4 is 16.3 Å². The summed E-state index contributed by atoms with van der Waals surface area (Å²) in [5, 5.41) is 9.46. The van der Waals surface area contributed by atoms with E-state index < -0.39 is 22.4 Å². The van der Waals surface area contributed by atoms with Crippen molar-refractivity contribution in [3.05, 3.63) is 0 Å². The number of hydrogen-bond donors (Lipinski definition) is 2. The van der Waals surface area contributed by atoms with Gasteiger partial charge in [-0.25, -0.2) is 9.52 Å². The number of rotatable bonds is 5. The molecule has 0 spiro atoms. The smallest absolute Gasteiger partial charge is 0.422 e. The number of piperidine rings is 1. The van der Waals surface area contributed by atoms with E-state index in [4.69, 9.17) is 4.74 Å². The molecule has 1 fully saturated rings. The van der Waals surface area contributed by atoms with Gasteiger partial charge in [-0.2, -0.15) is 12.7 Å². The van der Waals surface area contributed by atoms with Gasteiger partial charge in [0.2, 0.25) is 0 Å². The quantitative estimate of drug-likeness (QED) is 0.789. The Hall–Kier alpha value is -0.860. The Morgan fingerprint density at radius 1 is 1.40 bits per heavy atom. The standard InChI is InChI=1S/C12H24N2O5S/c1-9(2)19-12(16)13-20(17,18)14-7-5-4-6-11(14)8-10(3)15/h9-11,15H,4-8H2,1-3H3,(H,13,16). The molecule has 0 radical (unpaired) electrons. The Morgan fingerprint density at radius 3 is 2.60 bits per heavy atom. The molecule has 0 aromatic rings. The zero-order valence-electron chi connectivity index (χ0n) is 12.2. The highest BCUT2D eigenvalue weighted by Crippen LogP contribution is 2.23. The van der Waals surface area contributed by atoms with E-state index in [-0.39, 0.29) is 12.1 Å². The SMILES string of the molecule is CC(O)CC1CCCCN1S(=O)(=O)NC(=O)OC(C)C. The van der Waals surface area contributed by atoms with Gasteiger partial charge < -0.3 is 9.84 Å². The summed E-state index contributed by atoms with van der Waals surface area (Å²) < 4.78 is 32.4. The van der Waals surface area contributed by atoms with E-state index in [1.165, 1.54) is 4.31 Å². The normalized spacial score (nSPS) is 22.6. The first-order valence-corrected chi connectivity index (χ1v) is 8.34. The van der Waals surface area contributed by atoms with Crippen LogP contribution in [0.5, 0.6) is 0 Å². The first-order chi connectivity index (χ1) is 9.22. The van der Waals surface area contributed by atoms with E-state index in [9.17, 15) is 18.3 Å². The third kappa shape index (κ3) is 5.26. The third-order valence-electron chi connectivity index (χ3n) is 3.05. The summed E-state index contributed by atoms with van der Waals surface area (Å²) in [4.78, 5) is 11.5. The van der Waals surface area contributed by atoms with Crippen molar-refractivity contribution in [1.29, 1.82) is 0 Å². The fourth-order valence-electron chi connectivity index (χ4n) is 2.32. The monoisotopic (exact) mass is 308 g/mol. The van der Waals surface area contributed by atoms with Gasteiger partial charge in [0.05, 0.1) is 12.2 Å². The van der Waals surface area contributed by atoms with Crippen LogP contribution in [0.1, 0.15) is 46.5 Å². The second-order valence-electron chi connectivity index (χ2n) is 5.41. The molecule has 2 atom stereocenters. The number of carbonyl (C=O) groups excluding carboxylic acids is 1. The zero-order chi connectivity index (χ0) is 15.3. The average Bonchev–Trinajstić information content (AvgIpc) is 2.26. The van der Waals surface area contributed by atoms with Crippen LogP contribution in [0.15, 0.2) is 0 Å². The number of hydrogen-bond acceptors (Lipinski definition) is 5. The Morgan fingerprint density at radius 2 is 2.05 bits per heavy atom. The molecule has 0 bridgehead atoms. The van der Waals surface area contributed by atoms with Gasteiger partial charge in [0.25, 0.3) is 0 Å². The predicted molar refractivity (Wildman–Crippen MR) is 74.3 cm³/mol. The lowest BCUT2D eigenvalue weighted by atomic mass is 10.00. The minimum absolute atomic E-state index is 0.284. The van der Waals surface area contributed by atoms with Gasteiger partial charge in [-0.15, -0.1) is 0 Å². The molecule has 20 heavy (non-hydrogen) atoms. The molecule has 118 valence electrons. The van der Waals surface area contributed by atoms with Crippen molar-refractivity contribution < 1.29 is 23.1 Å². The molecule has 8 heteroatoms. The van der Waals surface area contributed by atoms with E-state index in [2.05, 4.69) is 0 Å². The third-order valence-corrected chi connectivity index (χ3v) is 4.57. The highest BCUT2D eigenvalue weighted by Gasteiger charge is 2.34. The number of carbonyl (C=O) groups is 1. The van der Waals surface area contributed by atoms with Crippen molar-refractivity contribution in [3.8, 4) is 0 Å². The summed E-state index contributed by atoms with van der Waals surface area (Å²) in [7, 11) is -3.93. The second kappa shape index (κ2) is 7.24. The maximum Gasteiger partial charge on any atom is 0.422 e. The Kier molecular flexibility index (Phi) is 6.22. The molecule has 0 aromatic heterocycles. The molecule has 7 nitrogen and oxygen atoms in total. The fourth-order valence-corrected chi connectivity index (χ4v) is 3.65. The van der Waals surface area contributed by atoms with E-state index in [1.807, 2.05) is 4.72 Å². The summed E-state index contributed by atoms with van der Waals surface area (Å²) in [5.74, 6) is 0. The van der Waals surface area contributed by atoms with Gasteiger partial charge in [0.1, 0.15) is 0 Å². The highest BCUT2D eigenvalue weighted by atomic mass is 32.2. The van der Waals surface area contributed by atoms with Crippen LogP contribution in [0.3, 0.4) is 0 Å². The van der Waals surface area contributed by atoms with Gasteiger partial charge in [-0.1, -0.05) is 6.42 Å². The van der Waals surface area contributed by atoms with Gasteiger partial charge in [-0.3, -0.25) is 0 Å². The summed E-state index contributed by atoms with van der Waals surface area (Å²) in [6.45, 7) is 5.26. The minimum atomic E-state index is -3.93. The Balaban J connectivity index is 2.74. The van der Waals surface area contributed by atoms with Crippen LogP contribution in [0.2, 0.25) is 0 Å². The van der Waals surface area contributed by atoms with Crippen LogP contribution in [0.25, 0.3) is 0 Å². The van der Waals surface area contributed by atoms with Gasteiger partial charge in [0, 0.05) is 12.6 Å². The van der Waals surface area contributed by atoms with Crippen LogP contribution in [-0.4, -0.2) is 48.7 Å². The maximum atomic E-state index is 12.2. The van der Waals surface area contributed by atoms with E-state index in [0.717, 1.165) is 12.8 Å². The van der Waals surface area contributed by atoms with E-state index >= 15 is 0 Å². The summed E-state index contributed by atoms with van der Waals surface area (Å²) in [6, 6.07) is -0.284. The fraction of sp³-hybridized carbons (Fsp3) is 0.917. The Bertz CT molecular complexity index is 422. The van der Waals surface area contributed by atoms with Gasteiger partial charge in [-0.05, 0) is 40.0 Å². The molecule has 1 aliphatic heterocycles. The van der Waals surface area contributed by atoms with Crippen molar-refractivity contribution in [3.63, 3.8) is 0 Å². The molecule has 1 rings (SSSR count). The van der Waals surface area contributed by atoms with E-state index in [0.29, 0.717) is 19.4 Å². The predicted octanol–water partition coefficient (Wildman–Crippen LogP) is 0.991. The summed E-state index contributed by atoms with van der Waals surface area (Å²) in [5.41, 5.74) is 0. The Labute approximate surface area is 120 Å². The lowest BCUT2D eigenvalue weighted by Gasteiger charge is -2.34. The lowest BCUT2D eigenvalue weighted by Crippen LogP contribution is -2.51. The van der Waals surface area contributed by atoms with Crippen molar-refractivity contribution in [2.24, 2.45) is 0 Å². The molecule has 1 heterocycles. The molecule has 0 aromatic carbocycles. The van der Waals surface area contributed by atoms with Crippen molar-refractivity contribution in [2.75, 3.05) is 6.54 Å². The second-order valence-corrected chi connectivity index (χ2v) is 7.03. The topological polar surface area (TPSA) is 95.9 Å². The average molecular weight is 308 g/mol. The van der Waals surface area contributed by atoms with Crippen LogP contribution >= 0.6 is 0 Å². The number of nitrogens with one attached hydrogen (secondary N) is 1. The molecule has 1 saturated heterocycles. The largest absolute Gasteiger partial charge is 0.446 e. The molecule has 1 aliphatic rings. The number of ether oxygens (including phenoxy) is 1. The number of aliphatic hydroxyl groups excluding tert-OH is 1. The van der Waals surface area contributed by atoms with E-state index in [1.54, 1.807) is 20.8 Å². The van der Waals surface area contributed by atoms with Gasteiger partial charge >= 0.3 is 16.3 Å². The first kappa shape index (κ1) is 17.2. The molecule has 0 saturated carbocycles. The number of amides is 1. The molecule has 1 amide bonds. The lowest BCUT2D eigenvalue weighted by molar-refractivity contribution is 0.118. The number of nitrogens with zero attached hydrogens (tertiary/aromatic N) is 1. The van der Waals surface area contributed by atoms with Gasteiger partial charge in [0.15, 0.2) is 0 Å². The van der Waals surface area contributed by atoms with Crippen LogP contribution < -0.4 is 4.72 Å². The van der Waals surface area contributed by atoms with Crippen LogP contribution in [-0.2, 0) is 14.9 Å². The molecular formula is C12H24N2O5S. The summed E-state index contributed by atoms with van der Waals surface area (Å²) in [6.07, 6.45) is 0.765. The molecule has 0 aliphatic carbocycles. The minimum Gasteiger partial charge on any atom is -0.446 e. The number of aliphatic hydroxyl groups is 1. The maximum absolute atomic E-state index is 12.2. The first-order valence-electron chi connectivity index (χ1n) is 6.90. The zero-order valence-corrected chi connectivity index (χ0v) is 13.0. The molecule has 2 unspecified atom stereocenters. The molecular weight excluding hydrogens is 284 g/mol. The highest BCUT2D eigenvalue weighted by molar-refractivity contribution is 7.87. The van der Waals surface area contributed by atoms with Crippen LogP contribution in [0, 0.1) is 0 Å². The van der Waals surface area contributed by atoms with Crippen molar-refractivity contribution in [2.45, 2.75) is 64.7 Å². The van der Waals surface area contributed by atoms with Crippen LogP contribution in [0.4, 0.5) is 4.79 Å². The van der Waals surface area contributed by atoms with Crippen molar-refractivity contribution in [1.82, 2.24) is 9.03 Å².